The van der Waals surface area contributed by atoms with Crippen molar-refractivity contribution in [3.05, 3.63) is 88.9 Å². The number of H-pyrrole nitrogens is 1. The highest BCUT2D eigenvalue weighted by Crippen LogP contribution is 2.35. The van der Waals surface area contributed by atoms with Gasteiger partial charge in [0.1, 0.15) is 6.04 Å². The lowest BCUT2D eigenvalue weighted by atomic mass is 9.82. The zero-order chi connectivity index (χ0) is 26.8. The monoisotopic (exact) mass is 538 g/mol. The largest absolute Gasteiger partial charge is 0.493 e. The van der Waals surface area contributed by atoms with E-state index in [-0.39, 0.29) is 21.9 Å². The second-order valence-electron chi connectivity index (χ2n) is 9.27. The van der Waals surface area contributed by atoms with Gasteiger partial charge in [-0.25, -0.2) is 8.42 Å². The second kappa shape index (κ2) is 10.5. The van der Waals surface area contributed by atoms with E-state index in [0.29, 0.717) is 21.5 Å². The fourth-order valence-corrected chi connectivity index (χ4v) is 5.10. The van der Waals surface area contributed by atoms with Gasteiger partial charge in [0.05, 0.1) is 10.4 Å². The molecule has 0 saturated heterocycles. The van der Waals surface area contributed by atoms with Crippen LogP contribution in [0.3, 0.4) is 0 Å². The molecule has 0 bridgehead atoms. The average Bonchev–Trinajstić information content (AvgIpc) is 3.21. The average molecular weight is 539 g/mol. The summed E-state index contributed by atoms with van der Waals surface area (Å²) in [6.45, 7) is 6.24. The highest BCUT2D eigenvalue weighted by molar-refractivity contribution is 7.89. The van der Waals surface area contributed by atoms with Crippen LogP contribution in [0.2, 0.25) is 5.02 Å². The van der Waals surface area contributed by atoms with Crippen molar-refractivity contribution in [2.75, 3.05) is 0 Å². The molecule has 3 N–H and O–H groups in total. The zero-order valence-electron chi connectivity index (χ0n) is 20.6. The van der Waals surface area contributed by atoms with Gasteiger partial charge in [0, 0.05) is 10.4 Å². The number of aromatic nitrogens is 1. The van der Waals surface area contributed by atoms with Gasteiger partial charge in [0.15, 0.2) is 5.69 Å². The molecule has 0 saturated carbocycles. The SMILES string of the molecule is CCC(C)(C)c1ccc(S(=O)(=O)NC(C(=O)N=Nc2c(O)[nH]c3ccccc23)c2ccc(Cl)cc2)cc1. The van der Waals surface area contributed by atoms with Crippen LogP contribution in [0.5, 0.6) is 5.88 Å². The van der Waals surface area contributed by atoms with Gasteiger partial charge in [-0.05, 0) is 53.3 Å². The summed E-state index contributed by atoms with van der Waals surface area (Å²) in [7, 11) is -4.11. The Morgan fingerprint density at radius 2 is 1.70 bits per heavy atom. The van der Waals surface area contributed by atoms with Crippen LogP contribution in [-0.4, -0.2) is 24.4 Å². The fraction of sp³-hybridized carbons (Fsp3) is 0.222. The third kappa shape index (κ3) is 5.74. The Bertz CT molecular complexity index is 1560. The highest BCUT2D eigenvalue weighted by Gasteiger charge is 2.28. The fourth-order valence-electron chi connectivity index (χ4n) is 3.80. The minimum atomic E-state index is -4.11. The summed E-state index contributed by atoms with van der Waals surface area (Å²) >= 11 is 5.99. The number of rotatable bonds is 8. The molecular formula is C27H27ClN4O4S. The van der Waals surface area contributed by atoms with E-state index in [0.717, 1.165) is 12.0 Å². The summed E-state index contributed by atoms with van der Waals surface area (Å²) in [5, 5.41) is 18.9. The maximum absolute atomic E-state index is 13.3. The van der Waals surface area contributed by atoms with E-state index in [1.807, 2.05) is 0 Å². The van der Waals surface area contributed by atoms with Gasteiger partial charge in [0.25, 0.3) is 5.91 Å². The molecule has 37 heavy (non-hydrogen) atoms. The Morgan fingerprint density at radius 3 is 2.35 bits per heavy atom. The van der Waals surface area contributed by atoms with Crippen LogP contribution in [-0.2, 0) is 20.2 Å². The number of para-hydroxylation sites is 1. The number of nitrogens with one attached hydrogen (secondary N) is 2. The lowest BCUT2D eigenvalue weighted by molar-refractivity contribution is -0.120. The third-order valence-corrected chi connectivity index (χ3v) is 8.15. The maximum Gasteiger partial charge on any atom is 0.287 e. The van der Waals surface area contributed by atoms with Crippen molar-refractivity contribution < 1.29 is 18.3 Å². The van der Waals surface area contributed by atoms with Crippen molar-refractivity contribution in [2.45, 2.75) is 43.5 Å². The van der Waals surface area contributed by atoms with Crippen molar-refractivity contribution in [1.29, 1.82) is 0 Å². The van der Waals surface area contributed by atoms with Crippen LogP contribution >= 0.6 is 11.6 Å². The Hall–Kier alpha value is -3.53. The smallest absolute Gasteiger partial charge is 0.287 e. The number of nitrogens with zero attached hydrogens (tertiary/aromatic N) is 2. The lowest BCUT2D eigenvalue weighted by Gasteiger charge is -2.23. The number of halogens is 1. The minimum Gasteiger partial charge on any atom is -0.493 e. The summed E-state index contributed by atoms with van der Waals surface area (Å²) in [6, 6.07) is 18.4. The van der Waals surface area contributed by atoms with Gasteiger partial charge in [-0.2, -0.15) is 4.72 Å². The Labute approximate surface area is 220 Å². The molecule has 0 fully saturated rings. The van der Waals surface area contributed by atoms with E-state index in [1.54, 1.807) is 60.7 Å². The number of aromatic amines is 1. The molecule has 1 heterocycles. The van der Waals surface area contributed by atoms with Crippen LogP contribution in [0, 0.1) is 0 Å². The molecule has 4 rings (SSSR count). The normalized spacial score (nSPS) is 13.3. The lowest BCUT2D eigenvalue weighted by Crippen LogP contribution is -2.33. The molecular weight excluding hydrogens is 512 g/mol. The van der Waals surface area contributed by atoms with Crippen molar-refractivity contribution in [2.24, 2.45) is 10.2 Å². The molecule has 192 valence electrons. The van der Waals surface area contributed by atoms with Crippen LogP contribution in [0.4, 0.5) is 5.69 Å². The quantitative estimate of drug-likeness (QED) is 0.220. The number of azo groups is 1. The van der Waals surface area contributed by atoms with Crippen LogP contribution < -0.4 is 4.72 Å². The maximum atomic E-state index is 13.3. The summed E-state index contributed by atoms with van der Waals surface area (Å²) < 4.78 is 29.0. The molecule has 1 amide bonds. The number of amides is 1. The first-order valence-electron chi connectivity index (χ1n) is 11.7. The topological polar surface area (TPSA) is 124 Å². The standard InChI is InChI=1S/C27H27ClN4O4S/c1-4-27(2,3)18-11-15-20(16-12-18)37(35,36)32-23(17-9-13-19(28)14-10-17)26(34)31-30-24-21-7-5-6-8-22(21)29-25(24)33/h5-16,23,29,32-33H,4H2,1-3H3. The summed E-state index contributed by atoms with van der Waals surface area (Å²) in [4.78, 5) is 16.0. The third-order valence-electron chi connectivity index (χ3n) is 6.46. The predicted molar refractivity (Wildman–Crippen MR) is 144 cm³/mol. The highest BCUT2D eigenvalue weighted by atomic mass is 35.5. The Morgan fingerprint density at radius 1 is 1.05 bits per heavy atom. The van der Waals surface area contributed by atoms with E-state index in [1.165, 1.54) is 12.1 Å². The number of carbonyl (C=O) groups is 1. The number of carbonyl (C=O) groups excluding carboxylic acids is 1. The summed E-state index contributed by atoms with van der Waals surface area (Å²) in [5.74, 6) is -1.12. The molecule has 0 spiro atoms. The van der Waals surface area contributed by atoms with E-state index in [9.17, 15) is 18.3 Å². The molecule has 1 aromatic heterocycles. The molecule has 10 heteroatoms. The number of hydrogen-bond donors (Lipinski definition) is 3. The van der Waals surface area contributed by atoms with Gasteiger partial charge >= 0.3 is 0 Å². The van der Waals surface area contributed by atoms with E-state index < -0.39 is 22.0 Å². The van der Waals surface area contributed by atoms with Crippen molar-refractivity contribution in [1.82, 2.24) is 9.71 Å². The summed E-state index contributed by atoms with van der Waals surface area (Å²) in [6.07, 6.45) is 0.890. The van der Waals surface area contributed by atoms with Crippen molar-refractivity contribution in [3.8, 4) is 5.88 Å². The van der Waals surface area contributed by atoms with E-state index in [2.05, 4.69) is 40.7 Å². The first-order chi connectivity index (χ1) is 17.5. The predicted octanol–water partition coefficient (Wildman–Crippen LogP) is 6.54. The van der Waals surface area contributed by atoms with Gasteiger partial charge in [-0.3, -0.25) is 4.79 Å². The Balaban J connectivity index is 1.66. The van der Waals surface area contributed by atoms with E-state index >= 15 is 0 Å². The number of aromatic hydroxyl groups is 1. The van der Waals surface area contributed by atoms with Gasteiger partial charge in [-0.15, -0.1) is 10.2 Å². The van der Waals surface area contributed by atoms with Crippen molar-refractivity contribution >= 4 is 44.1 Å². The summed E-state index contributed by atoms with van der Waals surface area (Å²) in [5.41, 5.74) is 1.93. The molecule has 1 unspecified atom stereocenters. The molecule has 1 atom stereocenters. The van der Waals surface area contributed by atoms with Crippen LogP contribution in [0.25, 0.3) is 10.9 Å². The van der Waals surface area contributed by atoms with Crippen molar-refractivity contribution in [3.63, 3.8) is 0 Å². The molecule has 0 radical (unpaired) electrons. The first kappa shape index (κ1) is 26.5. The molecule has 4 aromatic rings. The number of hydrogen-bond acceptors (Lipinski definition) is 5. The number of fused-ring (bicyclic) bond motifs is 1. The Kier molecular flexibility index (Phi) is 7.49. The molecule has 0 aliphatic heterocycles. The van der Waals surface area contributed by atoms with Gasteiger partial charge in [0.2, 0.25) is 15.9 Å². The minimum absolute atomic E-state index is 0.0149. The van der Waals surface area contributed by atoms with Gasteiger partial charge in [-0.1, -0.05) is 74.8 Å². The zero-order valence-corrected chi connectivity index (χ0v) is 22.1. The van der Waals surface area contributed by atoms with Crippen LogP contribution in [0.1, 0.15) is 44.4 Å². The molecule has 0 aliphatic carbocycles. The number of sulfonamides is 1. The second-order valence-corrected chi connectivity index (χ2v) is 11.4. The molecule has 3 aromatic carbocycles. The molecule has 8 nitrogen and oxygen atoms in total. The van der Waals surface area contributed by atoms with E-state index in [4.69, 9.17) is 11.6 Å². The van der Waals surface area contributed by atoms with Crippen LogP contribution in [0.15, 0.2) is 87.9 Å². The van der Waals surface area contributed by atoms with Gasteiger partial charge < -0.3 is 10.1 Å². The number of benzene rings is 3. The first-order valence-corrected chi connectivity index (χ1v) is 13.5. The molecule has 0 aliphatic rings.